The third-order valence-corrected chi connectivity index (χ3v) is 7.13. The summed E-state index contributed by atoms with van der Waals surface area (Å²) in [5.41, 5.74) is 4.22. The molecule has 3 aromatic heterocycles. The van der Waals surface area contributed by atoms with Gasteiger partial charge in [0.1, 0.15) is 6.04 Å². The summed E-state index contributed by atoms with van der Waals surface area (Å²) in [6, 6.07) is 19.1. The van der Waals surface area contributed by atoms with E-state index in [2.05, 4.69) is 43.4 Å². The van der Waals surface area contributed by atoms with Gasteiger partial charge in [-0.3, -0.25) is 14.7 Å². The fourth-order valence-electron chi connectivity index (χ4n) is 4.75. The fourth-order valence-corrected chi connectivity index (χ4v) is 4.95. The number of H-pyrrole nitrogens is 1. The summed E-state index contributed by atoms with van der Waals surface area (Å²) in [6.45, 7) is 3.90. The van der Waals surface area contributed by atoms with Gasteiger partial charge in [-0.05, 0) is 69.3 Å². The van der Waals surface area contributed by atoms with Gasteiger partial charge in [-0.2, -0.15) is 0 Å². The van der Waals surface area contributed by atoms with Crippen molar-refractivity contribution in [2.45, 2.75) is 39.0 Å². The predicted octanol–water partition coefficient (Wildman–Crippen LogP) is 4.56. The molecule has 0 aliphatic heterocycles. The number of nitrogens with zero attached hydrogens (tertiary/aromatic N) is 6. The van der Waals surface area contributed by atoms with Crippen LogP contribution in [0.4, 0.5) is 0 Å². The van der Waals surface area contributed by atoms with Crippen molar-refractivity contribution in [1.29, 1.82) is 0 Å². The van der Waals surface area contributed by atoms with E-state index in [1.165, 1.54) is 5.56 Å². The van der Waals surface area contributed by atoms with E-state index in [4.69, 9.17) is 16.3 Å². The first-order chi connectivity index (χ1) is 19.1. The highest BCUT2D eigenvalue weighted by Crippen LogP contribution is 2.31. The zero-order valence-corrected chi connectivity index (χ0v) is 22.7. The first-order valence-corrected chi connectivity index (χ1v) is 13.2. The quantitative estimate of drug-likeness (QED) is 0.260. The largest absolute Gasteiger partial charge is 0.383 e. The van der Waals surface area contributed by atoms with Crippen LogP contribution in [0, 0.1) is 0 Å². The Bertz CT molecular complexity index is 1600. The number of aryl methyl sites for hydroxylation is 1. The van der Waals surface area contributed by atoms with Crippen LogP contribution in [0.3, 0.4) is 0 Å². The van der Waals surface area contributed by atoms with Crippen LogP contribution >= 0.6 is 11.6 Å². The summed E-state index contributed by atoms with van der Waals surface area (Å²) in [5.74, 6) is 0.541. The van der Waals surface area contributed by atoms with Gasteiger partial charge in [0, 0.05) is 48.7 Å². The highest BCUT2D eigenvalue weighted by Gasteiger charge is 2.31. The van der Waals surface area contributed by atoms with Gasteiger partial charge >= 0.3 is 0 Å². The molecule has 3 heterocycles. The van der Waals surface area contributed by atoms with Crippen molar-refractivity contribution in [3.05, 3.63) is 117 Å². The van der Waals surface area contributed by atoms with Crippen LogP contribution in [-0.4, -0.2) is 48.8 Å². The van der Waals surface area contributed by atoms with Crippen molar-refractivity contribution in [2.24, 2.45) is 0 Å². The van der Waals surface area contributed by atoms with Crippen LogP contribution in [0.1, 0.15) is 41.0 Å². The van der Waals surface area contributed by atoms with Crippen LogP contribution in [0.2, 0.25) is 5.02 Å². The predicted molar refractivity (Wildman–Crippen MR) is 150 cm³/mol. The van der Waals surface area contributed by atoms with Crippen molar-refractivity contribution in [2.75, 3.05) is 13.7 Å². The number of pyridine rings is 2. The van der Waals surface area contributed by atoms with Gasteiger partial charge in [-0.1, -0.05) is 48.9 Å². The Morgan fingerprint density at radius 2 is 1.95 bits per heavy atom. The monoisotopic (exact) mass is 543 g/mol. The number of halogens is 1. The van der Waals surface area contributed by atoms with Crippen molar-refractivity contribution < 1.29 is 4.74 Å². The number of ether oxygens (including phenoxy) is 1. The number of hydrogen-bond acceptors (Lipinski definition) is 7. The molecule has 0 fully saturated rings. The molecule has 0 spiro atoms. The summed E-state index contributed by atoms with van der Waals surface area (Å²) >= 11 is 6.62. The van der Waals surface area contributed by atoms with Gasteiger partial charge < -0.3 is 9.72 Å². The SMILES string of the molecule is CCc1ccc2[nH]c(=O)c([C@@H](c3nnnn3CCOC)N(Cc3cccnc3)Cc3ccccc3Cl)cc2c1. The fraction of sp³-hybridized carbons (Fsp3) is 0.276. The van der Waals surface area contributed by atoms with Crippen LogP contribution in [0.25, 0.3) is 10.9 Å². The normalized spacial score (nSPS) is 12.3. The Hall–Kier alpha value is -3.92. The van der Waals surface area contributed by atoms with Crippen molar-refractivity contribution in [1.82, 2.24) is 35.1 Å². The molecule has 0 saturated carbocycles. The van der Waals surface area contributed by atoms with Crippen molar-refractivity contribution in [3.63, 3.8) is 0 Å². The van der Waals surface area contributed by atoms with Crippen LogP contribution in [0.5, 0.6) is 0 Å². The molecule has 0 aliphatic carbocycles. The Morgan fingerprint density at radius 1 is 1.08 bits per heavy atom. The van der Waals surface area contributed by atoms with E-state index in [1.54, 1.807) is 18.0 Å². The van der Waals surface area contributed by atoms with Gasteiger partial charge in [0.05, 0.1) is 13.2 Å². The lowest BCUT2D eigenvalue weighted by atomic mass is 10.0. The van der Waals surface area contributed by atoms with E-state index in [1.807, 2.05) is 60.8 Å². The number of aromatic nitrogens is 6. The lowest BCUT2D eigenvalue weighted by Gasteiger charge is -2.31. The molecule has 0 radical (unpaired) electrons. The van der Waals surface area contributed by atoms with Crippen LogP contribution in [0.15, 0.2) is 77.9 Å². The molecule has 0 amide bonds. The summed E-state index contributed by atoms with van der Waals surface area (Å²) in [6.07, 6.45) is 4.45. The second kappa shape index (κ2) is 12.3. The zero-order chi connectivity index (χ0) is 27.2. The number of tetrazole rings is 1. The summed E-state index contributed by atoms with van der Waals surface area (Å²) < 4.78 is 7.00. The number of methoxy groups -OCH3 is 1. The molecular weight excluding hydrogens is 514 g/mol. The molecule has 0 unspecified atom stereocenters. The minimum absolute atomic E-state index is 0.201. The molecule has 10 heteroatoms. The molecule has 39 heavy (non-hydrogen) atoms. The number of nitrogens with one attached hydrogen (secondary N) is 1. The van der Waals surface area contributed by atoms with Crippen LogP contribution < -0.4 is 5.56 Å². The molecule has 5 aromatic rings. The Labute approximate surface area is 231 Å². The average Bonchev–Trinajstić information content (AvgIpc) is 3.41. The van der Waals surface area contributed by atoms with E-state index in [0.29, 0.717) is 42.7 Å². The molecule has 200 valence electrons. The third-order valence-electron chi connectivity index (χ3n) is 6.76. The lowest BCUT2D eigenvalue weighted by molar-refractivity contribution is 0.169. The lowest BCUT2D eigenvalue weighted by Crippen LogP contribution is -2.35. The standard InChI is InChI=1S/C29H30ClN7O2/c1-3-20-10-11-26-23(15-20)16-24(29(38)32-26)27(28-33-34-35-37(28)13-14-39-2)36(18-21-7-6-12-31-17-21)19-22-8-4-5-9-25(22)30/h4-12,15-17,27H,3,13-14,18-19H2,1-2H3,(H,32,38)/t27-/m0/s1. The second-order valence-electron chi connectivity index (χ2n) is 9.34. The molecule has 1 atom stereocenters. The molecule has 0 bridgehead atoms. The first kappa shape index (κ1) is 26.7. The molecule has 0 saturated heterocycles. The number of aromatic amines is 1. The third kappa shape index (κ3) is 6.06. The number of benzene rings is 2. The molecule has 9 nitrogen and oxygen atoms in total. The van der Waals surface area contributed by atoms with E-state index in [0.717, 1.165) is 28.5 Å². The topological polar surface area (TPSA) is 102 Å². The Balaban J connectivity index is 1.70. The average molecular weight is 544 g/mol. The minimum atomic E-state index is -0.591. The van der Waals surface area contributed by atoms with Crippen LogP contribution in [-0.2, 0) is 30.8 Å². The maximum Gasteiger partial charge on any atom is 0.253 e. The van der Waals surface area contributed by atoms with Gasteiger partial charge in [0.25, 0.3) is 5.56 Å². The Kier molecular flexibility index (Phi) is 8.41. The molecular formula is C29H30ClN7O2. The molecule has 5 rings (SSSR count). The van der Waals surface area contributed by atoms with E-state index in [-0.39, 0.29) is 5.56 Å². The maximum atomic E-state index is 13.7. The zero-order valence-electron chi connectivity index (χ0n) is 21.9. The molecule has 2 aromatic carbocycles. The van der Waals surface area contributed by atoms with Gasteiger partial charge in [-0.25, -0.2) is 4.68 Å². The summed E-state index contributed by atoms with van der Waals surface area (Å²) in [7, 11) is 1.63. The maximum absolute atomic E-state index is 13.7. The van der Waals surface area contributed by atoms with E-state index >= 15 is 0 Å². The Morgan fingerprint density at radius 3 is 2.72 bits per heavy atom. The number of hydrogen-bond donors (Lipinski definition) is 1. The van der Waals surface area contributed by atoms with Crippen molar-refractivity contribution >= 4 is 22.5 Å². The van der Waals surface area contributed by atoms with Gasteiger partial charge in [-0.15, -0.1) is 5.10 Å². The van der Waals surface area contributed by atoms with Gasteiger partial charge in [0.2, 0.25) is 0 Å². The highest BCUT2D eigenvalue weighted by molar-refractivity contribution is 6.31. The summed E-state index contributed by atoms with van der Waals surface area (Å²) in [4.78, 5) is 23.3. The highest BCUT2D eigenvalue weighted by atomic mass is 35.5. The summed E-state index contributed by atoms with van der Waals surface area (Å²) in [5, 5.41) is 14.2. The first-order valence-electron chi connectivity index (χ1n) is 12.8. The number of fused-ring (bicyclic) bond motifs is 1. The van der Waals surface area contributed by atoms with E-state index < -0.39 is 6.04 Å². The smallest absolute Gasteiger partial charge is 0.253 e. The van der Waals surface area contributed by atoms with Gasteiger partial charge in [0.15, 0.2) is 5.82 Å². The number of rotatable bonds is 11. The molecule has 0 aliphatic rings. The molecule has 1 N–H and O–H groups in total. The second-order valence-corrected chi connectivity index (χ2v) is 9.75. The van der Waals surface area contributed by atoms with Crippen molar-refractivity contribution in [3.8, 4) is 0 Å². The van der Waals surface area contributed by atoms with E-state index in [9.17, 15) is 4.79 Å². The minimum Gasteiger partial charge on any atom is -0.383 e.